The maximum atomic E-state index is 11.8. The molecule has 0 saturated carbocycles. The molecule has 0 aliphatic carbocycles. The molecular formula is C13H9BrN4O4. The SMILES string of the molecule is O=C(N/N=C/c1cc(O)ccc1[N+](=O)[O-])c1cncc(Br)c1. The molecule has 8 nitrogen and oxygen atoms in total. The smallest absolute Gasteiger partial charge is 0.278 e. The number of nitrogens with zero attached hydrogens (tertiary/aromatic N) is 3. The Morgan fingerprint density at radius 2 is 2.18 bits per heavy atom. The summed E-state index contributed by atoms with van der Waals surface area (Å²) in [6, 6.07) is 5.07. The van der Waals surface area contributed by atoms with E-state index in [-0.39, 0.29) is 22.6 Å². The van der Waals surface area contributed by atoms with E-state index in [1.54, 1.807) is 6.07 Å². The largest absolute Gasteiger partial charge is 0.508 e. The first-order valence-electron chi connectivity index (χ1n) is 5.89. The number of halogens is 1. The number of aromatic nitrogens is 1. The second-order valence-corrected chi connectivity index (χ2v) is 5.01. The fraction of sp³-hybridized carbons (Fsp3) is 0. The van der Waals surface area contributed by atoms with Gasteiger partial charge in [-0.1, -0.05) is 0 Å². The quantitative estimate of drug-likeness (QED) is 0.489. The molecule has 112 valence electrons. The van der Waals surface area contributed by atoms with Crippen LogP contribution in [0.3, 0.4) is 0 Å². The van der Waals surface area contributed by atoms with Crippen molar-refractivity contribution >= 4 is 33.7 Å². The van der Waals surface area contributed by atoms with Gasteiger partial charge in [-0.05, 0) is 34.1 Å². The van der Waals surface area contributed by atoms with Crippen molar-refractivity contribution in [3.8, 4) is 5.75 Å². The van der Waals surface area contributed by atoms with Crippen LogP contribution in [0.1, 0.15) is 15.9 Å². The number of pyridine rings is 1. The highest BCUT2D eigenvalue weighted by molar-refractivity contribution is 9.10. The first-order valence-corrected chi connectivity index (χ1v) is 6.68. The number of hydrogen-bond acceptors (Lipinski definition) is 6. The third kappa shape index (κ3) is 3.85. The van der Waals surface area contributed by atoms with Crippen LogP contribution in [0, 0.1) is 10.1 Å². The van der Waals surface area contributed by atoms with Gasteiger partial charge in [0.1, 0.15) is 5.75 Å². The molecule has 0 aliphatic heterocycles. The average Bonchev–Trinajstić information content (AvgIpc) is 2.47. The summed E-state index contributed by atoms with van der Waals surface area (Å²) in [5.41, 5.74) is 2.33. The zero-order valence-electron chi connectivity index (χ0n) is 10.9. The predicted octanol–water partition coefficient (Wildman–Crippen LogP) is 2.22. The maximum absolute atomic E-state index is 11.8. The summed E-state index contributed by atoms with van der Waals surface area (Å²) >= 11 is 3.19. The number of nitro benzene ring substituents is 1. The van der Waals surface area contributed by atoms with Gasteiger partial charge in [0.05, 0.1) is 22.3 Å². The van der Waals surface area contributed by atoms with Crippen molar-refractivity contribution in [1.82, 2.24) is 10.4 Å². The molecule has 1 aromatic carbocycles. The fourth-order valence-corrected chi connectivity index (χ4v) is 1.94. The van der Waals surface area contributed by atoms with E-state index in [1.165, 1.54) is 24.5 Å². The minimum Gasteiger partial charge on any atom is -0.508 e. The van der Waals surface area contributed by atoms with Gasteiger partial charge in [0.25, 0.3) is 11.6 Å². The van der Waals surface area contributed by atoms with Gasteiger partial charge in [-0.15, -0.1) is 0 Å². The van der Waals surface area contributed by atoms with Crippen LogP contribution in [0.2, 0.25) is 0 Å². The average molecular weight is 365 g/mol. The number of nitrogens with one attached hydrogen (secondary N) is 1. The third-order valence-electron chi connectivity index (χ3n) is 2.54. The van der Waals surface area contributed by atoms with Crippen LogP contribution in [0.4, 0.5) is 5.69 Å². The van der Waals surface area contributed by atoms with Gasteiger partial charge in [-0.2, -0.15) is 5.10 Å². The number of hydrogen-bond donors (Lipinski definition) is 2. The Morgan fingerprint density at radius 1 is 1.41 bits per heavy atom. The van der Waals surface area contributed by atoms with E-state index in [1.807, 2.05) is 0 Å². The Kier molecular flexibility index (Phi) is 4.79. The van der Waals surface area contributed by atoms with Crippen molar-refractivity contribution in [3.05, 3.63) is 62.4 Å². The van der Waals surface area contributed by atoms with Crippen LogP contribution in [-0.2, 0) is 0 Å². The van der Waals surface area contributed by atoms with Crippen LogP contribution in [0.25, 0.3) is 0 Å². The molecule has 0 spiro atoms. The Bertz CT molecular complexity index is 763. The molecule has 2 N–H and O–H groups in total. The summed E-state index contributed by atoms with van der Waals surface area (Å²) in [6.45, 7) is 0. The van der Waals surface area contributed by atoms with Gasteiger partial charge in [0.15, 0.2) is 0 Å². The van der Waals surface area contributed by atoms with Crippen molar-refractivity contribution in [2.24, 2.45) is 5.10 Å². The van der Waals surface area contributed by atoms with Gasteiger partial charge in [0.2, 0.25) is 0 Å². The lowest BCUT2D eigenvalue weighted by Crippen LogP contribution is -2.17. The van der Waals surface area contributed by atoms with Crippen molar-refractivity contribution in [2.75, 3.05) is 0 Å². The van der Waals surface area contributed by atoms with E-state index < -0.39 is 10.8 Å². The molecule has 0 saturated heterocycles. The number of nitro groups is 1. The van der Waals surface area contributed by atoms with E-state index >= 15 is 0 Å². The van der Waals surface area contributed by atoms with Gasteiger partial charge in [-0.25, -0.2) is 5.43 Å². The number of phenols is 1. The lowest BCUT2D eigenvalue weighted by Gasteiger charge is -2.00. The zero-order chi connectivity index (χ0) is 16.1. The molecule has 2 rings (SSSR count). The molecule has 22 heavy (non-hydrogen) atoms. The minimum atomic E-state index is -0.610. The second kappa shape index (κ2) is 6.76. The van der Waals surface area contributed by atoms with Crippen LogP contribution in [0.5, 0.6) is 5.75 Å². The molecule has 1 heterocycles. The molecule has 0 bridgehead atoms. The van der Waals surface area contributed by atoms with Gasteiger partial charge in [0, 0.05) is 22.9 Å². The number of carbonyl (C=O) groups is 1. The number of rotatable bonds is 4. The summed E-state index contributed by atoms with van der Waals surface area (Å²) in [5.74, 6) is -0.664. The molecule has 0 unspecified atom stereocenters. The van der Waals surface area contributed by atoms with E-state index in [9.17, 15) is 20.0 Å². The highest BCUT2D eigenvalue weighted by Gasteiger charge is 2.12. The van der Waals surface area contributed by atoms with E-state index in [4.69, 9.17) is 0 Å². The first kappa shape index (κ1) is 15.6. The Labute approximate surface area is 132 Å². The minimum absolute atomic E-state index is 0.0673. The molecule has 0 aliphatic rings. The summed E-state index contributed by atoms with van der Waals surface area (Å²) in [7, 11) is 0. The van der Waals surface area contributed by atoms with E-state index in [0.29, 0.717) is 4.47 Å². The number of aromatic hydroxyl groups is 1. The fourth-order valence-electron chi connectivity index (χ4n) is 1.57. The van der Waals surface area contributed by atoms with Crippen molar-refractivity contribution < 1.29 is 14.8 Å². The van der Waals surface area contributed by atoms with Crippen LogP contribution in [-0.4, -0.2) is 27.1 Å². The number of benzene rings is 1. The highest BCUT2D eigenvalue weighted by atomic mass is 79.9. The second-order valence-electron chi connectivity index (χ2n) is 4.09. The van der Waals surface area contributed by atoms with E-state index in [0.717, 1.165) is 12.3 Å². The maximum Gasteiger partial charge on any atom is 0.278 e. The molecule has 0 radical (unpaired) electrons. The molecule has 1 aromatic heterocycles. The topological polar surface area (TPSA) is 118 Å². The molecule has 2 aromatic rings. The highest BCUT2D eigenvalue weighted by Crippen LogP contribution is 2.21. The van der Waals surface area contributed by atoms with Crippen LogP contribution < -0.4 is 5.43 Å². The molecule has 9 heteroatoms. The summed E-state index contributed by atoms with van der Waals surface area (Å²) in [4.78, 5) is 25.9. The van der Waals surface area contributed by atoms with Crippen molar-refractivity contribution in [3.63, 3.8) is 0 Å². The third-order valence-corrected chi connectivity index (χ3v) is 2.98. The Hall–Kier alpha value is -2.81. The van der Waals surface area contributed by atoms with E-state index in [2.05, 4.69) is 31.4 Å². The monoisotopic (exact) mass is 364 g/mol. The lowest BCUT2D eigenvalue weighted by atomic mass is 10.2. The van der Waals surface area contributed by atoms with Crippen molar-refractivity contribution in [2.45, 2.75) is 0 Å². The zero-order valence-corrected chi connectivity index (χ0v) is 12.5. The Morgan fingerprint density at radius 3 is 2.86 bits per heavy atom. The van der Waals surface area contributed by atoms with Crippen LogP contribution >= 0.6 is 15.9 Å². The van der Waals surface area contributed by atoms with Gasteiger partial charge in [-0.3, -0.25) is 19.9 Å². The molecular weight excluding hydrogens is 356 g/mol. The Balaban J connectivity index is 2.14. The molecule has 0 fully saturated rings. The number of carbonyl (C=O) groups excluding carboxylic acids is 1. The molecule has 1 amide bonds. The summed E-state index contributed by atoms with van der Waals surface area (Å²) in [6.07, 6.45) is 3.96. The number of hydrazone groups is 1. The standard InChI is InChI=1S/C13H9BrN4O4/c14-10-3-9(5-15-7-10)13(20)17-16-6-8-4-11(19)1-2-12(8)18(21)22/h1-7,19H,(H,17,20)/b16-6+. The van der Waals surface area contributed by atoms with Crippen LogP contribution in [0.15, 0.2) is 46.2 Å². The van der Waals surface area contributed by atoms with Gasteiger partial charge >= 0.3 is 0 Å². The number of amides is 1. The number of phenolic OH excluding ortho intramolecular Hbond substituents is 1. The lowest BCUT2D eigenvalue weighted by molar-refractivity contribution is -0.385. The summed E-state index contributed by atoms with van der Waals surface area (Å²) < 4.78 is 0.632. The molecule has 0 atom stereocenters. The van der Waals surface area contributed by atoms with Gasteiger partial charge < -0.3 is 5.11 Å². The first-order chi connectivity index (χ1) is 10.5. The summed E-state index contributed by atoms with van der Waals surface area (Å²) in [5, 5.41) is 23.9. The normalized spacial score (nSPS) is 10.6. The van der Waals surface area contributed by atoms with Crippen molar-refractivity contribution in [1.29, 1.82) is 0 Å². The predicted molar refractivity (Wildman–Crippen MR) is 81.8 cm³/mol.